The van der Waals surface area contributed by atoms with Crippen LogP contribution in [0.5, 0.6) is 0 Å². The molecular formula is C25H30N2O3. The van der Waals surface area contributed by atoms with Crippen LogP contribution in [0.1, 0.15) is 24.0 Å². The topological polar surface area (TPSA) is 49.9 Å². The van der Waals surface area contributed by atoms with Crippen molar-refractivity contribution in [2.75, 3.05) is 33.8 Å². The molecule has 2 amide bonds. The second kappa shape index (κ2) is 8.23. The number of ether oxygens (including phenoxy) is 1. The van der Waals surface area contributed by atoms with Crippen LogP contribution in [0.3, 0.4) is 0 Å². The van der Waals surface area contributed by atoms with Gasteiger partial charge in [0.1, 0.15) is 0 Å². The monoisotopic (exact) mass is 406 g/mol. The lowest BCUT2D eigenvalue weighted by molar-refractivity contribution is -0.173. The number of benzene rings is 2. The summed E-state index contributed by atoms with van der Waals surface area (Å²) in [7, 11) is 3.49. The van der Waals surface area contributed by atoms with Gasteiger partial charge in [-0.15, -0.1) is 0 Å². The molecule has 2 fully saturated rings. The Labute approximate surface area is 178 Å². The second-order valence-electron chi connectivity index (χ2n) is 8.82. The second-order valence-corrected chi connectivity index (χ2v) is 8.82. The van der Waals surface area contributed by atoms with E-state index in [-0.39, 0.29) is 17.7 Å². The minimum Gasteiger partial charge on any atom is -0.361 e. The summed E-state index contributed by atoms with van der Waals surface area (Å²) in [5.41, 5.74) is 3.55. The molecule has 158 valence electrons. The molecule has 2 aliphatic rings. The molecule has 1 heterocycles. The van der Waals surface area contributed by atoms with Gasteiger partial charge in [-0.05, 0) is 36.5 Å². The standard InChI is InChI=1S/C25H30N2O3/c1-18-5-4-6-22(15-18)20-9-7-19(8-10-20)16-25(24(29)26(2)3)17-27(13-14-30-25)23(28)21-11-12-21/h4-10,15,21H,11-14,16-17H2,1-3H3/t25-/m0/s1. The highest BCUT2D eigenvalue weighted by molar-refractivity contribution is 5.88. The van der Waals surface area contributed by atoms with Crippen molar-refractivity contribution >= 4 is 11.8 Å². The number of hydrogen-bond acceptors (Lipinski definition) is 3. The molecule has 0 N–H and O–H groups in total. The molecule has 2 aromatic carbocycles. The average molecular weight is 407 g/mol. The van der Waals surface area contributed by atoms with Crippen molar-refractivity contribution < 1.29 is 14.3 Å². The maximum absolute atomic E-state index is 13.2. The summed E-state index contributed by atoms with van der Waals surface area (Å²) in [5, 5.41) is 0. The number of nitrogens with zero attached hydrogens (tertiary/aromatic N) is 2. The minimum absolute atomic E-state index is 0.0847. The van der Waals surface area contributed by atoms with Gasteiger partial charge in [0.25, 0.3) is 5.91 Å². The molecule has 1 aliphatic heterocycles. The lowest BCUT2D eigenvalue weighted by Gasteiger charge is -2.43. The fourth-order valence-corrected chi connectivity index (χ4v) is 4.25. The molecule has 1 aliphatic carbocycles. The van der Waals surface area contributed by atoms with E-state index in [4.69, 9.17) is 4.74 Å². The number of carbonyl (C=O) groups is 2. The van der Waals surface area contributed by atoms with E-state index in [9.17, 15) is 9.59 Å². The van der Waals surface area contributed by atoms with Crippen LogP contribution >= 0.6 is 0 Å². The summed E-state index contributed by atoms with van der Waals surface area (Å²) in [4.78, 5) is 29.2. The Hall–Kier alpha value is -2.66. The number of hydrogen-bond donors (Lipinski definition) is 0. The van der Waals surface area contributed by atoms with Crippen molar-refractivity contribution in [2.45, 2.75) is 31.8 Å². The first kappa shape index (κ1) is 20.6. The third-order valence-electron chi connectivity index (χ3n) is 6.02. The van der Waals surface area contributed by atoms with Crippen LogP contribution < -0.4 is 0 Å². The molecule has 4 rings (SSSR count). The molecule has 0 radical (unpaired) electrons. The van der Waals surface area contributed by atoms with E-state index in [0.717, 1.165) is 24.0 Å². The first-order chi connectivity index (χ1) is 14.4. The molecule has 30 heavy (non-hydrogen) atoms. The van der Waals surface area contributed by atoms with Gasteiger partial charge in [-0.25, -0.2) is 0 Å². The summed E-state index contributed by atoms with van der Waals surface area (Å²) in [6.45, 7) is 3.35. The van der Waals surface area contributed by atoms with Gasteiger partial charge in [0.05, 0.1) is 13.2 Å². The van der Waals surface area contributed by atoms with Crippen LogP contribution in [0, 0.1) is 12.8 Å². The molecular weight excluding hydrogens is 376 g/mol. The van der Waals surface area contributed by atoms with Crippen molar-refractivity contribution in [1.82, 2.24) is 9.80 Å². The van der Waals surface area contributed by atoms with Crippen molar-refractivity contribution in [2.24, 2.45) is 5.92 Å². The molecule has 1 atom stereocenters. The number of likely N-dealkylation sites (N-methyl/N-ethyl adjacent to an activating group) is 1. The number of morpholine rings is 1. The minimum atomic E-state index is -1.03. The van der Waals surface area contributed by atoms with E-state index < -0.39 is 5.60 Å². The maximum atomic E-state index is 13.2. The largest absolute Gasteiger partial charge is 0.361 e. The first-order valence-corrected chi connectivity index (χ1v) is 10.7. The van der Waals surface area contributed by atoms with E-state index in [1.54, 1.807) is 19.0 Å². The van der Waals surface area contributed by atoms with Gasteiger partial charge >= 0.3 is 0 Å². The van der Waals surface area contributed by atoms with Gasteiger partial charge in [-0.2, -0.15) is 0 Å². The first-order valence-electron chi connectivity index (χ1n) is 10.7. The lowest BCUT2D eigenvalue weighted by atomic mass is 9.89. The van der Waals surface area contributed by atoms with E-state index in [1.807, 2.05) is 4.90 Å². The van der Waals surface area contributed by atoms with E-state index in [2.05, 4.69) is 55.5 Å². The zero-order chi connectivity index (χ0) is 21.3. The van der Waals surface area contributed by atoms with Crippen LogP contribution in [-0.2, 0) is 20.7 Å². The van der Waals surface area contributed by atoms with Crippen LogP contribution in [0.4, 0.5) is 0 Å². The zero-order valence-electron chi connectivity index (χ0n) is 18.1. The molecule has 1 saturated heterocycles. The normalized spacial score (nSPS) is 21.4. The van der Waals surface area contributed by atoms with E-state index >= 15 is 0 Å². The van der Waals surface area contributed by atoms with Gasteiger partial charge in [0, 0.05) is 33.0 Å². The predicted octanol–water partition coefficient (Wildman–Crippen LogP) is 3.30. The van der Waals surface area contributed by atoms with E-state index in [0.29, 0.717) is 26.1 Å². The van der Waals surface area contributed by atoms with Crippen molar-refractivity contribution in [3.63, 3.8) is 0 Å². The van der Waals surface area contributed by atoms with Crippen molar-refractivity contribution in [3.8, 4) is 11.1 Å². The Morgan fingerprint density at radius 2 is 1.83 bits per heavy atom. The summed E-state index contributed by atoms with van der Waals surface area (Å²) in [6, 6.07) is 16.7. The molecule has 0 aromatic heterocycles. The fourth-order valence-electron chi connectivity index (χ4n) is 4.25. The number of carbonyl (C=O) groups excluding carboxylic acids is 2. The highest BCUT2D eigenvalue weighted by atomic mass is 16.5. The molecule has 5 nitrogen and oxygen atoms in total. The zero-order valence-corrected chi connectivity index (χ0v) is 18.1. The Morgan fingerprint density at radius 3 is 2.47 bits per heavy atom. The SMILES string of the molecule is Cc1cccc(-c2ccc(C[C@@]3(C(=O)N(C)C)CN(C(=O)C4CC4)CCO3)cc2)c1. The molecule has 0 bridgehead atoms. The Kier molecular flexibility index (Phi) is 5.65. The lowest BCUT2D eigenvalue weighted by Crippen LogP contribution is -2.62. The van der Waals surface area contributed by atoms with Gasteiger partial charge in [-0.1, -0.05) is 54.1 Å². The molecule has 5 heteroatoms. The molecule has 2 aromatic rings. The van der Waals surface area contributed by atoms with Crippen LogP contribution in [0.25, 0.3) is 11.1 Å². The number of rotatable bonds is 5. The third-order valence-corrected chi connectivity index (χ3v) is 6.02. The Bertz CT molecular complexity index is 934. The van der Waals surface area contributed by atoms with Gasteiger partial charge < -0.3 is 14.5 Å². The maximum Gasteiger partial charge on any atom is 0.256 e. The van der Waals surface area contributed by atoms with Crippen LogP contribution in [-0.4, -0.2) is 61.0 Å². The van der Waals surface area contributed by atoms with Crippen LogP contribution in [0.15, 0.2) is 48.5 Å². The predicted molar refractivity (Wildman–Crippen MR) is 117 cm³/mol. The molecule has 0 unspecified atom stereocenters. The summed E-state index contributed by atoms with van der Waals surface area (Å²) >= 11 is 0. The van der Waals surface area contributed by atoms with Crippen molar-refractivity contribution in [3.05, 3.63) is 59.7 Å². The Balaban J connectivity index is 1.57. The molecule has 1 saturated carbocycles. The highest BCUT2D eigenvalue weighted by Gasteiger charge is 2.47. The van der Waals surface area contributed by atoms with E-state index in [1.165, 1.54) is 11.1 Å². The average Bonchev–Trinajstić information content (AvgIpc) is 3.59. The van der Waals surface area contributed by atoms with Crippen LogP contribution in [0.2, 0.25) is 0 Å². The summed E-state index contributed by atoms with van der Waals surface area (Å²) < 4.78 is 6.12. The summed E-state index contributed by atoms with van der Waals surface area (Å²) in [6.07, 6.45) is 2.38. The number of amides is 2. The third kappa shape index (κ3) is 4.26. The number of aryl methyl sites for hydroxylation is 1. The highest BCUT2D eigenvalue weighted by Crippen LogP contribution is 2.34. The fraction of sp³-hybridized carbons (Fsp3) is 0.440. The Morgan fingerprint density at radius 1 is 1.10 bits per heavy atom. The van der Waals surface area contributed by atoms with Gasteiger partial charge in [-0.3, -0.25) is 9.59 Å². The summed E-state index contributed by atoms with van der Waals surface area (Å²) in [5.74, 6) is 0.228. The quantitative estimate of drug-likeness (QED) is 0.766. The van der Waals surface area contributed by atoms with Gasteiger partial charge in [0.15, 0.2) is 5.60 Å². The molecule has 0 spiro atoms. The smallest absolute Gasteiger partial charge is 0.256 e. The van der Waals surface area contributed by atoms with Gasteiger partial charge in [0.2, 0.25) is 5.91 Å². The van der Waals surface area contributed by atoms with Crippen molar-refractivity contribution in [1.29, 1.82) is 0 Å².